The molecular weight excluding hydrogens is 238 g/mol. The average Bonchev–Trinajstić information content (AvgIpc) is 2.69. The number of fused-ring (bicyclic) bond motifs is 1. The summed E-state index contributed by atoms with van der Waals surface area (Å²) in [5, 5.41) is 7.87. The van der Waals surface area contributed by atoms with E-state index in [4.69, 9.17) is 5.41 Å². The van der Waals surface area contributed by atoms with Crippen molar-refractivity contribution in [2.45, 2.75) is 0 Å². The maximum atomic E-state index is 11.6. The highest BCUT2D eigenvalue weighted by Crippen LogP contribution is 2.13. The Morgan fingerprint density at radius 2 is 1.39 bits per heavy atom. The predicted molar refractivity (Wildman–Crippen MR) is 61.4 cm³/mol. The van der Waals surface area contributed by atoms with Gasteiger partial charge in [0.25, 0.3) is 0 Å². The number of carbonyl (C=O) groups is 2. The van der Waals surface area contributed by atoms with Crippen molar-refractivity contribution in [1.82, 2.24) is 9.13 Å². The summed E-state index contributed by atoms with van der Waals surface area (Å²) in [6.45, 7) is 0. The summed E-state index contributed by atoms with van der Waals surface area (Å²) in [4.78, 5) is 23.3. The number of nitrogens with one attached hydrogen (secondary N) is 1. The standard InChI is InChI=1S/C11H11N3O4/c1-17-10(15)13-7-5-3-4-6-8(7)14(9(13)12)11(16)18-2/h3-6,12H,1-2H3. The van der Waals surface area contributed by atoms with Crippen molar-refractivity contribution in [1.29, 1.82) is 5.41 Å². The molecule has 0 saturated carbocycles. The maximum absolute atomic E-state index is 11.6. The minimum Gasteiger partial charge on any atom is -0.452 e. The molecule has 94 valence electrons. The molecule has 0 amide bonds. The number of benzene rings is 1. The normalized spacial score (nSPS) is 10.3. The third-order valence-electron chi connectivity index (χ3n) is 2.50. The smallest absolute Gasteiger partial charge is 0.421 e. The van der Waals surface area contributed by atoms with Crippen LogP contribution in [0.3, 0.4) is 0 Å². The number of aromatic nitrogens is 2. The van der Waals surface area contributed by atoms with E-state index in [-0.39, 0.29) is 5.62 Å². The highest BCUT2D eigenvalue weighted by molar-refractivity contribution is 5.92. The van der Waals surface area contributed by atoms with E-state index in [0.717, 1.165) is 9.13 Å². The second-order valence-electron chi connectivity index (χ2n) is 3.42. The first-order valence-electron chi connectivity index (χ1n) is 5.05. The molecule has 0 unspecified atom stereocenters. The number of carbonyl (C=O) groups excluding carboxylic acids is 2. The Balaban J connectivity index is 2.88. The Kier molecular flexibility index (Phi) is 2.88. The summed E-state index contributed by atoms with van der Waals surface area (Å²) in [7, 11) is 2.41. The Labute approximate surface area is 102 Å². The molecule has 2 rings (SSSR count). The van der Waals surface area contributed by atoms with Gasteiger partial charge in [0.2, 0.25) is 5.62 Å². The van der Waals surface area contributed by atoms with Gasteiger partial charge in [-0.2, -0.15) is 0 Å². The lowest BCUT2D eigenvalue weighted by molar-refractivity contribution is 0.168. The van der Waals surface area contributed by atoms with Crippen LogP contribution in [0.5, 0.6) is 0 Å². The van der Waals surface area contributed by atoms with Gasteiger partial charge in [-0.1, -0.05) is 12.1 Å². The average molecular weight is 249 g/mol. The highest BCUT2D eigenvalue weighted by atomic mass is 16.5. The van der Waals surface area contributed by atoms with Gasteiger partial charge >= 0.3 is 12.2 Å². The van der Waals surface area contributed by atoms with Crippen molar-refractivity contribution < 1.29 is 19.1 Å². The van der Waals surface area contributed by atoms with Crippen LogP contribution in [0.15, 0.2) is 24.3 Å². The van der Waals surface area contributed by atoms with E-state index < -0.39 is 12.2 Å². The molecule has 18 heavy (non-hydrogen) atoms. The molecule has 0 aliphatic rings. The first-order valence-corrected chi connectivity index (χ1v) is 5.05. The molecule has 1 heterocycles. The van der Waals surface area contributed by atoms with Gasteiger partial charge < -0.3 is 9.47 Å². The Hall–Kier alpha value is -2.57. The number of ether oxygens (including phenoxy) is 2. The zero-order valence-corrected chi connectivity index (χ0v) is 9.84. The van der Waals surface area contributed by atoms with Crippen LogP contribution in [0.1, 0.15) is 0 Å². The van der Waals surface area contributed by atoms with Crippen LogP contribution in [0.4, 0.5) is 9.59 Å². The lowest BCUT2D eigenvalue weighted by Crippen LogP contribution is -2.32. The van der Waals surface area contributed by atoms with Gasteiger partial charge in [-0.15, -0.1) is 0 Å². The number of methoxy groups -OCH3 is 2. The third kappa shape index (κ3) is 1.56. The van der Waals surface area contributed by atoms with Gasteiger partial charge in [0.1, 0.15) is 0 Å². The number of imidazole rings is 1. The van der Waals surface area contributed by atoms with Gasteiger partial charge in [0.05, 0.1) is 25.3 Å². The quantitative estimate of drug-likeness (QED) is 0.758. The van der Waals surface area contributed by atoms with Gasteiger partial charge in [0.15, 0.2) is 0 Å². The van der Waals surface area contributed by atoms with Crippen LogP contribution in [0.25, 0.3) is 11.0 Å². The van der Waals surface area contributed by atoms with Crippen molar-refractivity contribution in [3.63, 3.8) is 0 Å². The summed E-state index contributed by atoms with van der Waals surface area (Å²) in [5.74, 6) is 0. The van der Waals surface area contributed by atoms with Crippen molar-refractivity contribution >= 4 is 23.2 Å². The van der Waals surface area contributed by atoms with Gasteiger partial charge in [-0.05, 0) is 12.1 Å². The van der Waals surface area contributed by atoms with Crippen LogP contribution in [-0.2, 0) is 9.47 Å². The minimum atomic E-state index is -0.737. The Morgan fingerprint density at radius 3 is 1.72 bits per heavy atom. The fraction of sp³-hybridized carbons (Fsp3) is 0.182. The zero-order valence-electron chi connectivity index (χ0n) is 9.84. The van der Waals surface area contributed by atoms with E-state index in [0.29, 0.717) is 11.0 Å². The van der Waals surface area contributed by atoms with Gasteiger partial charge in [0, 0.05) is 0 Å². The number of nitrogens with zero attached hydrogens (tertiary/aromatic N) is 2. The van der Waals surface area contributed by atoms with Crippen molar-refractivity contribution in [3.05, 3.63) is 29.9 Å². The summed E-state index contributed by atoms with van der Waals surface area (Å²) in [5.41, 5.74) is 0.481. The van der Waals surface area contributed by atoms with Crippen molar-refractivity contribution in [3.8, 4) is 0 Å². The molecule has 1 aromatic carbocycles. The van der Waals surface area contributed by atoms with E-state index in [1.54, 1.807) is 24.3 Å². The largest absolute Gasteiger partial charge is 0.452 e. The van der Waals surface area contributed by atoms with Gasteiger partial charge in [-0.25, -0.2) is 18.7 Å². The van der Waals surface area contributed by atoms with E-state index in [2.05, 4.69) is 9.47 Å². The lowest BCUT2D eigenvalue weighted by atomic mass is 10.3. The molecule has 0 bridgehead atoms. The Morgan fingerprint density at radius 1 is 1.00 bits per heavy atom. The van der Waals surface area contributed by atoms with E-state index in [1.807, 2.05) is 0 Å². The number of hydrogen-bond donors (Lipinski definition) is 1. The molecule has 7 heteroatoms. The summed E-state index contributed by atoms with van der Waals surface area (Å²) in [6, 6.07) is 6.62. The second kappa shape index (κ2) is 4.36. The predicted octanol–water partition coefficient (Wildman–Crippen LogP) is 1.15. The number of rotatable bonds is 0. The molecule has 0 saturated heterocycles. The first-order chi connectivity index (χ1) is 8.61. The van der Waals surface area contributed by atoms with Crippen LogP contribution in [-0.4, -0.2) is 35.5 Å². The molecule has 0 spiro atoms. The maximum Gasteiger partial charge on any atom is 0.421 e. The first kappa shape index (κ1) is 11.9. The Bertz CT molecular complexity index is 627. The van der Waals surface area contributed by atoms with Crippen LogP contribution in [0.2, 0.25) is 0 Å². The fourth-order valence-electron chi connectivity index (χ4n) is 1.72. The monoisotopic (exact) mass is 249 g/mol. The molecule has 1 aromatic heterocycles. The fourth-order valence-corrected chi connectivity index (χ4v) is 1.72. The minimum absolute atomic E-state index is 0.324. The zero-order chi connectivity index (χ0) is 13.3. The molecule has 0 aliphatic heterocycles. The lowest BCUT2D eigenvalue weighted by Gasteiger charge is -2.00. The van der Waals surface area contributed by atoms with Gasteiger partial charge in [-0.3, -0.25) is 5.41 Å². The molecule has 2 aromatic rings. The summed E-state index contributed by atoms with van der Waals surface area (Å²) >= 11 is 0. The molecule has 0 aliphatic carbocycles. The number of hydrogen-bond acceptors (Lipinski definition) is 5. The second-order valence-corrected chi connectivity index (χ2v) is 3.42. The highest BCUT2D eigenvalue weighted by Gasteiger charge is 2.20. The molecule has 0 atom stereocenters. The van der Waals surface area contributed by atoms with Crippen molar-refractivity contribution in [2.24, 2.45) is 0 Å². The van der Waals surface area contributed by atoms with E-state index in [1.165, 1.54) is 14.2 Å². The SMILES string of the molecule is COC(=O)n1c(=N)n(C(=O)OC)c2ccccc21. The van der Waals surface area contributed by atoms with E-state index in [9.17, 15) is 9.59 Å². The summed E-state index contributed by atoms with van der Waals surface area (Å²) in [6.07, 6.45) is -1.47. The van der Waals surface area contributed by atoms with Crippen LogP contribution in [0, 0.1) is 5.41 Å². The van der Waals surface area contributed by atoms with Crippen molar-refractivity contribution in [2.75, 3.05) is 14.2 Å². The van der Waals surface area contributed by atoms with E-state index >= 15 is 0 Å². The van der Waals surface area contributed by atoms with Crippen LogP contribution < -0.4 is 5.62 Å². The number of para-hydroxylation sites is 2. The molecule has 0 fully saturated rings. The molecule has 1 N–H and O–H groups in total. The van der Waals surface area contributed by atoms with Crippen LogP contribution >= 0.6 is 0 Å². The molecule has 7 nitrogen and oxygen atoms in total. The summed E-state index contributed by atoms with van der Waals surface area (Å²) < 4.78 is 11.2. The topological polar surface area (TPSA) is 86.3 Å². The third-order valence-corrected chi connectivity index (χ3v) is 2.50. The molecular formula is C11H11N3O4. The molecule has 0 radical (unpaired) electrons.